The minimum absolute atomic E-state index is 0.00521. The summed E-state index contributed by atoms with van der Waals surface area (Å²) in [6, 6.07) is -1.56. The van der Waals surface area contributed by atoms with E-state index in [-0.39, 0.29) is 12.8 Å². The molecule has 0 aliphatic rings. The number of carboxylic acid groups (broad SMARTS) is 1. The number of esters is 2. The number of phosphoric ester groups is 1. The normalized spacial score (nSPS) is 15.4. The molecule has 0 bridgehead atoms. The predicted octanol–water partition coefficient (Wildman–Crippen LogP) is 11.1. The highest BCUT2D eigenvalue weighted by molar-refractivity contribution is 7.47. The lowest BCUT2D eigenvalue weighted by atomic mass is 10.2. The summed E-state index contributed by atoms with van der Waals surface area (Å²) in [5.74, 6) is -2.64. The second kappa shape index (κ2) is 42.9. The molecule has 0 spiro atoms. The van der Waals surface area contributed by atoms with Gasteiger partial charge in [-0.2, -0.15) is 0 Å². The second-order valence-corrected chi connectivity index (χ2v) is 15.7. The summed E-state index contributed by atoms with van der Waals surface area (Å²) in [7, 11) is -4.77. The number of hydrogen-bond acceptors (Lipinski definition) is 10. The van der Waals surface area contributed by atoms with Crippen molar-refractivity contribution in [1.29, 1.82) is 0 Å². The average Bonchev–Trinajstić information content (AvgIpc) is 3.25. The zero-order chi connectivity index (χ0) is 46.5. The van der Waals surface area contributed by atoms with Gasteiger partial charge in [0.2, 0.25) is 0 Å². The first-order valence-corrected chi connectivity index (χ1v) is 23.8. The van der Waals surface area contributed by atoms with E-state index in [4.69, 9.17) is 24.8 Å². The Balaban J connectivity index is 4.65. The van der Waals surface area contributed by atoms with Gasteiger partial charge in [-0.25, -0.2) is 4.57 Å². The maximum Gasteiger partial charge on any atom is 0.472 e. The summed E-state index contributed by atoms with van der Waals surface area (Å²) in [5, 5.41) is 18.7. The number of nitrogens with two attached hydrogens (primary N) is 1. The van der Waals surface area contributed by atoms with Crippen LogP contribution < -0.4 is 5.73 Å². The lowest BCUT2D eigenvalue weighted by Gasteiger charge is -2.20. The Hall–Kier alpha value is -4.42. The molecule has 0 aromatic rings. The van der Waals surface area contributed by atoms with Gasteiger partial charge in [0.1, 0.15) is 12.6 Å². The molecule has 352 valence electrons. The number of carbonyl (C=O) groups is 3. The number of hydrogen-bond donors (Lipinski definition) is 4. The van der Waals surface area contributed by atoms with E-state index < -0.39 is 63.8 Å². The van der Waals surface area contributed by atoms with Crippen molar-refractivity contribution in [3.05, 3.63) is 134 Å². The fourth-order valence-electron chi connectivity index (χ4n) is 4.98. The highest BCUT2D eigenvalue weighted by Gasteiger charge is 2.28. The van der Waals surface area contributed by atoms with Crippen LogP contribution in [-0.2, 0) is 37.5 Å². The van der Waals surface area contributed by atoms with Crippen molar-refractivity contribution in [3.63, 3.8) is 0 Å². The standard InChI is InChI=1S/C50H76NO11P/c1-3-5-7-8-9-10-11-12-13-14-15-16-17-20-24-27-30-33-37-41-49(54)62-46(43-60-63(57,58)61-44-47(51)50(55)56)42-59-48(53)40-36-32-29-26-23-21-18-19-22-25-28-31-35-39-45(52)38-34-6-4-2/h6,9-10,12-13,15-16,19-24,28-35,39,45-47,52H,3-5,7-8,11,14,17-18,25-27,36-38,40-44,51H2,1-2H3,(H,55,56)(H,57,58)/b10-9-,13-12-,16-15-,22-19-,23-21-,24-20-,31-28+,32-29-,33-30-,34-6-,39-35+/t45?,46-,47+/m1/s1. The number of aliphatic hydroxyl groups is 1. The first-order valence-electron chi connectivity index (χ1n) is 22.3. The SMILES string of the molecule is CC/C=C\CC(O)/C=C/C=C/C/C=C\C/C=C\C/C=C\CCC(=O)OC[C@H](COP(=O)(O)OC[C@H](N)C(=O)O)OC(=O)CC/C=C\C/C=C\C/C=C\C/C=C\C/C=C\CCCCC. The van der Waals surface area contributed by atoms with Gasteiger partial charge >= 0.3 is 25.7 Å². The molecule has 5 N–H and O–H groups in total. The second-order valence-electron chi connectivity index (χ2n) is 14.3. The van der Waals surface area contributed by atoms with E-state index in [9.17, 15) is 28.9 Å². The van der Waals surface area contributed by atoms with Crippen LogP contribution in [0.3, 0.4) is 0 Å². The summed E-state index contributed by atoms with van der Waals surface area (Å²) >= 11 is 0. The number of carboxylic acids is 1. The summed E-state index contributed by atoms with van der Waals surface area (Å²) in [6.45, 7) is 2.38. The summed E-state index contributed by atoms with van der Waals surface area (Å²) in [6.07, 6.45) is 55.9. The molecule has 0 fully saturated rings. The van der Waals surface area contributed by atoms with E-state index in [0.717, 1.165) is 44.9 Å². The smallest absolute Gasteiger partial charge is 0.472 e. The van der Waals surface area contributed by atoms with Gasteiger partial charge in [-0.15, -0.1) is 0 Å². The minimum atomic E-state index is -4.77. The van der Waals surface area contributed by atoms with Crippen LogP contribution in [0.15, 0.2) is 134 Å². The molecule has 0 aliphatic heterocycles. The zero-order valence-electron chi connectivity index (χ0n) is 37.7. The number of allylic oxidation sites excluding steroid dienone is 20. The number of aliphatic carboxylic acids is 1. The third-order valence-corrected chi connectivity index (χ3v) is 9.44. The van der Waals surface area contributed by atoms with Gasteiger partial charge in [0, 0.05) is 12.8 Å². The topological polar surface area (TPSA) is 192 Å². The van der Waals surface area contributed by atoms with Crippen LogP contribution in [0.2, 0.25) is 0 Å². The molecule has 63 heavy (non-hydrogen) atoms. The summed E-state index contributed by atoms with van der Waals surface area (Å²) < 4.78 is 32.5. The Kier molecular flexibility index (Phi) is 39.9. The minimum Gasteiger partial charge on any atom is -0.480 e. The van der Waals surface area contributed by atoms with E-state index in [1.54, 1.807) is 6.08 Å². The maximum atomic E-state index is 12.6. The number of unbranched alkanes of at least 4 members (excludes halogenated alkanes) is 3. The van der Waals surface area contributed by atoms with Crippen molar-refractivity contribution in [3.8, 4) is 0 Å². The molecule has 13 heteroatoms. The van der Waals surface area contributed by atoms with Crippen molar-refractivity contribution in [2.75, 3.05) is 19.8 Å². The predicted molar refractivity (Wildman–Crippen MR) is 255 cm³/mol. The molecule has 0 aromatic carbocycles. The van der Waals surface area contributed by atoms with Gasteiger partial charge < -0.3 is 30.3 Å². The van der Waals surface area contributed by atoms with Gasteiger partial charge in [0.25, 0.3) is 0 Å². The lowest BCUT2D eigenvalue weighted by Crippen LogP contribution is -2.34. The van der Waals surface area contributed by atoms with E-state index in [1.807, 2.05) is 72.9 Å². The van der Waals surface area contributed by atoms with Crippen LogP contribution in [0, 0.1) is 0 Å². The van der Waals surface area contributed by atoms with Crippen molar-refractivity contribution >= 4 is 25.7 Å². The van der Waals surface area contributed by atoms with Crippen LogP contribution in [0.5, 0.6) is 0 Å². The fourth-order valence-corrected chi connectivity index (χ4v) is 5.76. The quantitative estimate of drug-likeness (QED) is 0.0150. The summed E-state index contributed by atoms with van der Waals surface area (Å²) in [5.41, 5.74) is 5.32. The van der Waals surface area contributed by atoms with Crippen LogP contribution in [-0.4, -0.2) is 71.1 Å². The van der Waals surface area contributed by atoms with Gasteiger partial charge in [0.05, 0.1) is 19.3 Å². The molecule has 0 saturated heterocycles. The van der Waals surface area contributed by atoms with Gasteiger partial charge in [-0.3, -0.25) is 23.4 Å². The third-order valence-electron chi connectivity index (χ3n) is 8.49. The molecule has 4 atom stereocenters. The molecule has 0 amide bonds. The first kappa shape index (κ1) is 58.6. The van der Waals surface area contributed by atoms with Crippen molar-refractivity contribution in [2.24, 2.45) is 5.73 Å². The molecular formula is C50H76NO11P. The largest absolute Gasteiger partial charge is 0.480 e. The molecule has 2 unspecified atom stereocenters. The van der Waals surface area contributed by atoms with Crippen LogP contribution >= 0.6 is 7.82 Å². The number of carbonyl (C=O) groups excluding carboxylic acids is 2. The van der Waals surface area contributed by atoms with Crippen molar-refractivity contribution in [1.82, 2.24) is 0 Å². The van der Waals surface area contributed by atoms with Gasteiger partial charge in [0.15, 0.2) is 6.10 Å². The Morgan fingerprint density at radius 3 is 1.57 bits per heavy atom. The van der Waals surface area contributed by atoms with E-state index in [2.05, 4.69) is 73.1 Å². The average molecular weight is 898 g/mol. The molecule has 0 heterocycles. The van der Waals surface area contributed by atoms with Crippen LogP contribution in [0.4, 0.5) is 0 Å². The molecule has 0 aliphatic carbocycles. The Morgan fingerprint density at radius 1 is 0.587 bits per heavy atom. The van der Waals surface area contributed by atoms with E-state index >= 15 is 0 Å². The van der Waals surface area contributed by atoms with Crippen LogP contribution in [0.1, 0.15) is 123 Å². The van der Waals surface area contributed by atoms with Crippen LogP contribution in [0.25, 0.3) is 0 Å². The van der Waals surface area contributed by atoms with Gasteiger partial charge in [-0.1, -0.05) is 160 Å². The number of rotatable bonds is 39. The highest BCUT2D eigenvalue weighted by atomic mass is 31.2. The monoisotopic (exact) mass is 898 g/mol. The van der Waals surface area contributed by atoms with Gasteiger partial charge in [-0.05, 0) is 83.5 Å². The number of ether oxygens (including phenoxy) is 2. The van der Waals surface area contributed by atoms with E-state index in [1.165, 1.54) is 19.3 Å². The molecule has 12 nitrogen and oxygen atoms in total. The fraction of sp³-hybridized carbons (Fsp3) is 0.500. The van der Waals surface area contributed by atoms with Crippen molar-refractivity contribution in [2.45, 2.75) is 141 Å². The Morgan fingerprint density at radius 2 is 1.06 bits per heavy atom. The maximum absolute atomic E-state index is 12.6. The third kappa shape index (κ3) is 42.6. The highest BCUT2D eigenvalue weighted by Crippen LogP contribution is 2.43. The van der Waals surface area contributed by atoms with E-state index in [0.29, 0.717) is 32.1 Å². The molecule has 0 saturated carbocycles. The lowest BCUT2D eigenvalue weighted by molar-refractivity contribution is -0.161. The molecule has 0 aromatic heterocycles. The molecule has 0 rings (SSSR count). The Labute approximate surface area is 377 Å². The van der Waals surface area contributed by atoms with Crippen molar-refractivity contribution < 1.29 is 52.6 Å². The first-order chi connectivity index (χ1) is 30.5. The number of phosphoric acid groups is 1. The zero-order valence-corrected chi connectivity index (χ0v) is 38.6. The summed E-state index contributed by atoms with van der Waals surface area (Å²) in [4.78, 5) is 45.9. The molecular weight excluding hydrogens is 822 g/mol. The molecule has 0 radical (unpaired) electrons. The number of aliphatic hydroxyl groups excluding tert-OH is 1. The Bertz CT molecular complexity index is 1590.